The molecule has 1 fully saturated rings. The summed E-state index contributed by atoms with van der Waals surface area (Å²) in [5.41, 5.74) is 1.02. The molecule has 5 nitrogen and oxygen atoms in total. The van der Waals surface area contributed by atoms with Crippen LogP contribution in [0.15, 0.2) is 6.07 Å². The second-order valence-corrected chi connectivity index (χ2v) is 7.38. The third-order valence-electron chi connectivity index (χ3n) is 3.75. The van der Waals surface area contributed by atoms with Crippen molar-refractivity contribution in [1.82, 2.24) is 15.6 Å². The van der Waals surface area contributed by atoms with Crippen LogP contribution in [0, 0.1) is 0 Å². The van der Waals surface area contributed by atoms with Gasteiger partial charge in [0.2, 0.25) is 5.91 Å². The Morgan fingerprint density at radius 3 is 2.73 bits per heavy atom. The Kier molecular flexibility index (Phi) is 4.61. The van der Waals surface area contributed by atoms with Crippen LogP contribution in [0.2, 0.25) is 9.36 Å². The van der Waals surface area contributed by atoms with Crippen molar-refractivity contribution in [1.29, 1.82) is 0 Å². The van der Waals surface area contributed by atoms with E-state index in [2.05, 4.69) is 15.6 Å². The number of rotatable bonds is 4. The van der Waals surface area contributed by atoms with Crippen LogP contribution in [-0.2, 0) is 4.79 Å². The van der Waals surface area contributed by atoms with Crippen molar-refractivity contribution in [2.24, 2.45) is 0 Å². The van der Waals surface area contributed by atoms with Crippen molar-refractivity contribution in [3.63, 3.8) is 0 Å². The zero-order valence-corrected chi connectivity index (χ0v) is 14.0. The zero-order valence-electron chi connectivity index (χ0n) is 11.7. The van der Waals surface area contributed by atoms with E-state index in [1.54, 1.807) is 6.07 Å². The Bertz CT molecular complexity index is 719. The maximum Gasteiger partial charge on any atom is 0.268 e. The van der Waals surface area contributed by atoms with Gasteiger partial charge in [0.05, 0.1) is 21.8 Å². The van der Waals surface area contributed by atoms with Gasteiger partial charge in [-0.3, -0.25) is 9.59 Å². The van der Waals surface area contributed by atoms with Crippen LogP contribution < -0.4 is 10.6 Å². The van der Waals surface area contributed by atoms with Crippen LogP contribution in [0.4, 0.5) is 0 Å². The number of H-pyrrole nitrogens is 1. The molecule has 118 valence electrons. The number of amides is 2. The Morgan fingerprint density at radius 1 is 1.32 bits per heavy atom. The van der Waals surface area contributed by atoms with Crippen LogP contribution in [0.5, 0.6) is 0 Å². The van der Waals surface area contributed by atoms with Crippen LogP contribution in [0.3, 0.4) is 0 Å². The molecule has 3 N–H and O–H groups in total. The molecule has 0 atom stereocenters. The molecule has 0 radical (unpaired) electrons. The van der Waals surface area contributed by atoms with Gasteiger partial charge in [-0.25, -0.2) is 0 Å². The summed E-state index contributed by atoms with van der Waals surface area (Å²) in [7, 11) is 0. The zero-order chi connectivity index (χ0) is 15.7. The van der Waals surface area contributed by atoms with Crippen molar-refractivity contribution >= 4 is 56.6 Å². The summed E-state index contributed by atoms with van der Waals surface area (Å²) in [6.07, 6.45) is 4.34. The van der Waals surface area contributed by atoms with Gasteiger partial charge in [0.1, 0.15) is 10.0 Å². The standard InChI is InChI=1S/C14H15Cl2N3O2S/c15-11-12-9(22-13(11)16)5-8(19-12)14(21)17-6-10(20)18-7-3-1-2-4-7/h5,7,19H,1-4,6H2,(H,17,21)(H,18,20). The number of halogens is 2. The van der Waals surface area contributed by atoms with E-state index < -0.39 is 0 Å². The first-order chi connectivity index (χ1) is 10.5. The molecular weight excluding hydrogens is 345 g/mol. The third-order valence-corrected chi connectivity index (χ3v) is 5.68. The second kappa shape index (κ2) is 6.48. The van der Waals surface area contributed by atoms with Crippen LogP contribution in [0.25, 0.3) is 10.2 Å². The minimum absolute atomic E-state index is 0.0313. The number of aromatic nitrogens is 1. The van der Waals surface area contributed by atoms with Crippen molar-refractivity contribution in [2.45, 2.75) is 31.7 Å². The summed E-state index contributed by atoms with van der Waals surface area (Å²) in [4.78, 5) is 26.8. The van der Waals surface area contributed by atoms with Crippen molar-refractivity contribution in [2.75, 3.05) is 6.54 Å². The first-order valence-corrected chi connectivity index (χ1v) is 8.66. The van der Waals surface area contributed by atoms with E-state index in [4.69, 9.17) is 23.2 Å². The highest BCUT2D eigenvalue weighted by molar-refractivity contribution is 7.23. The van der Waals surface area contributed by atoms with E-state index in [0.29, 0.717) is 20.6 Å². The summed E-state index contributed by atoms with van der Waals surface area (Å²) < 4.78 is 1.31. The van der Waals surface area contributed by atoms with E-state index >= 15 is 0 Å². The van der Waals surface area contributed by atoms with Gasteiger partial charge in [-0.1, -0.05) is 36.0 Å². The quantitative estimate of drug-likeness (QED) is 0.783. The Balaban J connectivity index is 1.57. The van der Waals surface area contributed by atoms with Crippen molar-refractivity contribution in [3.8, 4) is 0 Å². The smallest absolute Gasteiger partial charge is 0.268 e. The fraction of sp³-hybridized carbons (Fsp3) is 0.429. The fourth-order valence-electron chi connectivity index (χ4n) is 2.65. The van der Waals surface area contributed by atoms with Crippen molar-refractivity contribution in [3.05, 3.63) is 21.1 Å². The lowest BCUT2D eigenvalue weighted by Crippen LogP contribution is -2.41. The molecule has 0 aromatic carbocycles. The SMILES string of the molecule is O=C(CNC(=O)c1cc2sc(Cl)c(Cl)c2[nH]1)NC1CCCC1. The number of carbonyl (C=O) groups is 2. The molecule has 1 saturated carbocycles. The predicted octanol–water partition coefficient (Wildman–Crippen LogP) is 3.32. The van der Waals surface area contributed by atoms with E-state index in [-0.39, 0.29) is 24.4 Å². The maximum absolute atomic E-state index is 12.1. The normalized spacial score (nSPS) is 15.4. The molecule has 1 aliphatic rings. The van der Waals surface area contributed by atoms with Gasteiger partial charge in [0.15, 0.2) is 0 Å². The molecule has 0 unspecified atom stereocenters. The minimum atomic E-state index is -0.336. The number of hydrogen-bond donors (Lipinski definition) is 3. The number of hydrogen-bond acceptors (Lipinski definition) is 3. The Labute approximate surface area is 141 Å². The van der Waals surface area contributed by atoms with Gasteiger partial charge >= 0.3 is 0 Å². The number of thiophene rings is 1. The monoisotopic (exact) mass is 359 g/mol. The molecule has 0 bridgehead atoms. The summed E-state index contributed by atoms with van der Waals surface area (Å²) in [5.74, 6) is -0.494. The number of aromatic amines is 1. The van der Waals surface area contributed by atoms with Crippen LogP contribution in [0.1, 0.15) is 36.2 Å². The van der Waals surface area contributed by atoms with Gasteiger partial charge < -0.3 is 15.6 Å². The van der Waals surface area contributed by atoms with Gasteiger partial charge in [-0.05, 0) is 18.9 Å². The number of fused-ring (bicyclic) bond motifs is 1. The summed E-state index contributed by atoms with van der Waals surface area (Å²) in [6.45, 7) is -0.0313. The average Bonchev–Trinajstić information content (AvgIpc) is 3.17. The lowest BCUT2D eigenvalue weighted by Gasteiger charge is -2.12. The summed E-state index contributed by atoms with van der Waals surface area (Å²) in [6, 6.07) is 1.93. The van der Waals surface area contributed by atoms with Gasteiger partial charge in [-0.2, -0.15) is 0 Å². The molecule has 8 heteroatoms. The minimum Gasteiger partial charge on any atom is -0.352 e. The summed E-state index contributed by atoms with van der Waals surface area (Å²) >= 11 is 13.3. The van der Waals surface area contributed by atoms with E-state index in [9.17, 15) is 9.59 Å². The van der Waals surface area contributed by atoms with Gasteiger partial charge in [0, 0.05) is 6.04 Å². The van der Waals surface area contributed by atoms with Gasteiger partial charge in [-0.15, -0.1) is 11.3 Å². The Morgan fingerprint density at radius 2 is 2.05 bits per heavy atom. The topological polar surface area (TPSA) is 74.0 Å². The first-order valence-electron chi connectivity index (χ1n) is 7.08. The molecule has 0 aliphatic heterocycles. The molecule has 1 aliphatic carbocycles. The molecule has 2 aromatic rings. The largest absolute Gasteiger partial charge is 0.352 e. The molecular formula is C14H15Cl2N3O2S. The summed E-state index contributed by atoms with van der Waals surface area (Å²) in [5, 5.41) is 5.94. The van der Waals surface area contributed by atoms with E-state index in [1.807, 2.05) is 0 Å². The van der Waals surface area contributed by atoms with Gasteiger partial charge in [0.25, 0.3) is 5.91 Å². The van der Waals surface area contributed by atoms with Crippen molar-refractivity contribution < 1.29 is 9.59 Å². The molecule has 22 heavy (non-hydrogen) atoms. The molecule has 2 heterocycles. The highest BCUT2D eigenvalue weighted by Crippen LogP contribution is 2.38. The third kappa shape index (κ3) is 3.24. The maximum atomic E-state index is 12.1. The van der Waals surface area contributed by atoms with Crippen LogP contribution >= 0.6 is 34.5 Å². The number of nitrogens with one attached hydrogen (secondary N) is 3. The number of carbonyl (C=O) groups excluding carboxylic acids is 2. The molecule has 3 rings (SSSR count). The Hall–Kier alpha value is -1.24. The predicted molar refractivity (Wildman–Crippen MR) is 88.9 cm³/mol. The van der Waals surface area contributed by atoms with E-state index in [1.165, 1.54) is 11.3 Å². The fourth-order valence-corrected chi connectivity index (χ4v) is 4.13. The lowest BCUT2D eigenvalue weighted by molar-refractivity contribution is -0.120. The first kappa shape index (κ1) is 15.6. The highest BCUT2D eigenvalue weighted by Gasteiger charge is 2.19. The van der Waals surface area contributed by atoms with Crippen LogP contribution in [-0.4, -0.2) is 29.4 Å². The lowest BCUT2D eigenvalue weighted by atomic mass is 10.2. The van der Waals surface area contributed by atoms with E-state index in [0.717, 1.165) is 30.4 Å². The molecule has 0 spiro atoms. The second-order valence-electron chi connectivity index (χ2n) is 5.34. The molecule has 0 saturated heterocycles. The molecule has 2 amide bonds. The molecule has 2 aromatic heterocycles. The average molecular weight is 360 g/mol. The highest BCUT2D eigenvalue weighted by atomic mass is 35.5.